The van der Waals surface area contributed by atoms with Crippen LogP contribution < -0.4 is 5.73 Å². The van der Waals surface area contributed by atoms with Crippen LogP contribution >= 0.6 is 0 Å². The molecule has 2 rings (SSSR count). The SMILES string of the molecule is Nc1cccc2c(S(=O)(=O)F)cccc12. The van der Waals surface area contributed by atoms with Crippen molar-refractivity contribution < 1.29 is 12.3 Å². The molecule has 0 aromatic heterocycles. The molecule has 15 heavy (non-hydrogen) atoms. The highest BCUT2D eigenvalue weighted by atomic mass is 32.3. The second-order valence-corrected chi connectivity index (χ2v) is 4.45. The van der Waals surface area contributed by atoms with Crippen molar-refractivity contribution in [3.8, 4) is 0 Å². The zero-order valence-corrected chi connectivity index (χ0v) is 8.46. The average molecular weight is 225 g/mol. The summed E-state index contributed by atoms with van der Waals surface area (Å²) in [6, 6.07) is 9.09. The monoisotopic (exact) mass is 225 g/mol. The smallest absolute Gasteiger partial charge is 0.332 e. The molecule has 2 aromatic rings. The Morgan fingerprint density at radius 1 is 1.00 bits per heavy atom. The maximum absolute atomic E-state index is 12.9. The first kappa shape index (κ1) is 9.92. The van der Waals surface area contributed by atoms with Crippen LogP contribution in [0.25, 0.3) is 10.8 Å². The first-order valence-electron chi connectivity index (χ1n) is 4.22. The maximum atomic E-state index is 12.9. The van der Waals surface area contributed by atoms with E-state index in [1.54, 1.807) is 18.2 Å². The molecule has 0 heterocycles. The molecule has 78 valence electrons. The summed E-state index contributed by atoms with van der Waals surface area (Å²) in [5.41, 5.74) is 6.08. The molecule has 0 saturated carbocycles. The lowest BCUT2D eigenvalue weighted by Gasteiger charge is -2.04. The predicted octanol–water partition coefficient (Wildman–Crippen LogP) is 2.08. The molecule has 5 heteroatoms. The number of hydrogen-bond donors (Lipinski definition) is 1. The van der Waals surface area contributed by atoms with E-state index in [1.165, 1.54) is 18.2 Å². The topological polar surface area (TPSA) is 60.2 Å². The molecule has 0 atom stereocenters. The summed E-state index contributed by atoms with van der Waals surface area (Å²) in [5, 5.41) is 0.844. The fourth-order valence-corrected chi connectivity index (χ4v) is 2.20. The number of nitrogens with two attached hydrogens (primary N) is 1. The zero-order chi connectivity index (χ0) is 11.1. The van der Waals surface area contributed by atoms with Crippen LogP contribution in [0.4, 0.5) is 9.57 Å². The van der Waals surface area contributed by atoms with Crippen molar-refractivity contribution in [2.45, 2.75) is 4.90 Å². The Hall–Kier alpha value is -1.62. The molecule has 2 N–H and O–H groups in total. The molecule has 0 unspecified atom stereocenters. The molecule has 0 fully saturated rings. The number of rotatable bonds is 1. The normalized spacial score (nSPS) is 11.8. The van der Waals surface area contributed by atoms with Gasteiger partial charge in [-0.25, -0.2) is 0 Å². The standard InChI is InChI=1S/C10H8FNO2S/c11-15(13,14)10-6-2-3-7-8(10)4-1-5-9(7)12/h1-6H,12H2. The Morgan fingerprint density at radius 2 is 1.60 bits per heavy atom. The summed E-state index contributed by atoms with van der Waals surface area (Å²) in [4.78, 5) is -0.340. The minimum Gasteiger partial charge on any atom is -0.398 e. The van der Waals surface area contributed by atoms with Gasteiger partial charge in [-0.3, -0.25) is 0 Å². The van der Waals surface area contributed by atoms with Crippen LogP contribution in [0.15, 0.2) is 41.3 Å². The zero-order valence-electron chi connectivity index (χ0n) is 7.64. The first-order chi connectivity index (χ1) is 7.00. The third kappa shape index (κ3) is 1.66. The Morgan fingerprint density at radius 3 is 2.27 bits per heavy atom. The van der Waals surface area contributed by atoms with Crippen LogP contribution in [0.2, 0.25) is 0 Å². The predicted molar refractivity (Wildman–Crippen MR) is 56.7 cm³/mol. The van der Waals surface area contributed by atoms with Gasteiger partial charge in [-0.15, -0.1) is 3.89 Å². The van der Waals surface area contributed by atoms with Crippen LogP contribution in [-0.2, 0) is 10.2 Å². The molecule has 3 nitrogen and oxygen atoms in total. The number of fused-ring (bicyclic) bond motifs is 1. The van der Waals surface area contributed by atoms with E-state index < -0.39 is 10.2 Å². The first-order valence-corrected chi connectivity index (χ1v) is 5.60. The molecular weight excluding hydrogens is 217 g/mol. The highest BCUT2D eigenvalue weighted by molar-refractivity contribution is 7.86. The van der Waals surface area contributed by atoms with Gasteiger partial charge in [-0.1, -0.05) is 24.3 Å². The summed E-state index contributed by atoms with van der Waals surface area (Å²) in [5.74, 6) is 0. The largest absolute Gasteiger partial charge is 0.398 e. The van der Waals surface area contributed by atoms with Crippen molar-refractivity contribution in [1.82, 2.24) is 0 Å². The fourth-order valence-electron chi connectivity index (χ4n) is 1.52. The second-order valence-electron chi connectivity index (χ2n) is 3.14. The van der Waals surface area contributed by atoms with E-state index in [1.807, 2.05) is 0 Å². The molecule has 0 radical (unpaired) electrons. The minimum absolute atomic E-state index is 0.306. The van der Waals surface area contributed by atoms with Gasteiger partial charge in [0.15, 0.2) is 0 Å². The molecule has 0 saturated heterocycles. The van der Waals surface area contributed by atoms with Crippen molar-refractivity contribution in [3.05, 3.63) is 36.4 Å². The Bertz CT molecular complexity index is 622. The van der Waals surface area contributed by atoms with Crippen LogP contribution in [-0.4, -0.2) is 8.42 Å². The summed E-state index contributed by atoms with van der Waals surface area (Å²) < 4.78 is 34.6. The molecule has 0 aliphatic rings. The van der Waals surface area contributed by atoms with Gasteiger partial charge in [0.2, 0.25) is 0 Å². The molecule has 0 aliphatic carbocycles. The van der Waals surface area contributed by atoms with Crippen molar-refractivity contribution in [3.63, 3.8) is 0 Å². The number of halogens is 1. The van der Waals surface area contributed by atoms with Crippen molar-refractivity contribution in [1.29, 1.82) is 0 Å². The quantitative estimate of drug-likeness (QED) is 0.597. The molecular formula is C10H8FNO2S. The summed E-state index contributed by atoms with van der Waals surface area (Å²) in [7, 11) is -4.70. The van der Waals surface area contributed by atoms with Crippen LogP contribution in [0, 0.1) is 0 Å². The van der Waals surface area contributed by atoms with E-state index in [4.69, 9.17) is 5.73 Å². The molecule has 0 amide bonds. The lowest BCUT2D eigenvalue weighted by Crippen LogP contribution is -1.95. The summed E-state index contributed by atoms with van der Waals surface area (Å²) in [6.45, 7) is 0. The Balaban J connectivity index is 2.96. The van der Waals surface area contributed by atoms with Gasteiger partial charge in [-0.05, 0) is 12.1 Å². The van der Waals surface area contributed by atoms with Crippen LogP contribution in [0.1, 0.15) is 0 Å². The van der Waals surface area contributed by atoms with E-state index in [2.05, 4.69) is 0 Å². The van der Waals surface area contributed by atoms with Crippen LogP contribution in [0.3, 0.4) is 0 Å². The summed E-state index contributed by atoms with van der Waals surface area (Å²) in [6.07, 6.45) is 0. The molecule has 0 spiro atoms. The van der Waals surface area contributed by atoms with Crippen molar-refractivity contribution in [2.24, 2.45) is 0 Å². The number of anilines is 1. The number of benzene rings is 2. The van der Waals surface area contributed by atoms with Gasteiger partial charge >= 0.3 is 10.2 Å². The maximum Gasteiger partial charge on any atom is 0.332 e. The van der Waals surface area contributed by atoms with E-state index in [0.717, 1.165) is 0 Å². The van der Waals surface area contributed by atoms with Crippen molar-refractivity contribution in [2.75, 3.05) is 5.73 Å². The summed E-state index contributed by atoms with van der Waals surface area (Å²) >= 11 is 0. The molecule has 0 bridgehead atoms. The highest BCUT2D eigenvalue weighted by Gasteiger charge is 2.15. The van der Waals surface area contributed by atoms with Gasteiger partial charge < -0.3 is 5.73 Å². The fraction of sp³-hybridized carbons (Fsp3) is 0. The lowest BCUT2D eigenvalue weighted by molar-refractivity contribution is 0.553. The van der Waals surface area contributed by atoms with Gasteiger partial charge in [-0.2, -0.15) is 8.42 Å². The highest BCUT2D eigenvalue weighted by Crippen LogP contribution is 2.27. The lowest BCUT2D eigenvalue weighted by atomic mass is 10.1. The third-order valence-electron chi connectivity index (χ3n) is 2.18. The van der Waals surface area contributed by atoms with Gasteiger partial charge in [0.1, 0.15) is 4.90 Å². The Kier molecular flexibility index (Phi) is 2.12. The van der Waals surface area contributed by atoms with Crippen molar-refractivity contribution >= 4 is 26.7 Å². The number of nitrogen functional groups attached to an aromatic ring is 1. The van der Waals surface area contributed by atoms with E-state index >= 15 is 0 Å². The van der Waals surface area contributed by atoms with Gasteiger partial charge in [0.05, 0.1) is 0 Å². The average Bonchev–Trinajstić information content (AvgIpc) is 2.16. The minimum atomic E-state index is -4.70. The van der Waals surface area contributed by atoms with Gasteiger partial charge in [0.25, 0.3) is 0 Å². The second kappa shape index (κ2) is 3.20. The van der Waals surface area contributed by atoms with Crippen LogP contribution in [0.5, 0.6) is 0 Å². The Labute approximate surface area is 86.5 Å². The van der Waals surface area contributed by atoms with E-state index in [-0.39, 0.29) is 4.90 Å². The molecule has 2 aromatic carbocycles. The van der Waals surface area contributed by atoms with Gasteiger partial charge in [0, 0.05) is 16.5 Å². The number of hydrogen-bond acceptors (Lipinski definition) is 3. The third-order valence-corrected chi connectivity index (χ3v) is 3.06. The molecule has 0 aliphatic heterocycles. The van der Waals surface area contributed by atoms with E-state index in [9.17, 15) is 12.3 Å². The van der Waals surface area contributed by atoms with E-state index in [0.29, 0.717) is 16.5 Å².